The number of carboxylic acids is 1. The summed E-state index contributed by atoms with van der Waals surface area (Å²) in [6, 6.07) is 4.49. The second-order valence-corrected chi connectivity index (χ2v) is 3.76. The van der Waals surface area contributed by atoms with Crippen LogP contribution in [0.1, 0.15) is 34.9 Å². The summed E-state index contributed by atoms with van der Waals surface area (Å²) in [5.74, 6) is -2.41. The number of imide groups is 1. The SMILES string of the molecule is O=C1CCC(c2cccc(C(=O)O)n2)C(=O)N1. The van der Waals surface area contributed by atoms with Crippen LogP contribution in [-0.2, 0) is 9.59 Å². The molecule has 0 spiro atoms. The third kappa shape index (κ3) is 2.30. The molecule has 2 N–H and O–H groups in total. The first-order chi connectivity index (χ1) is 8.08. The Balaban J connectivity index is 2.28. The number of nitrogens with zero attached hydrogens (tertiary/aromatic N) is 1. The highest BCUT2D eigenvalue weighted by atomic mass is 16.4. The molecule has 1 aromatic heterocycles. The molecule has 1 saturated heterocycles. The fourth-order valence-corrected chi connectivity index (χ4v) is 1.74. The molecule has 0 radical (unpaired) electrons. The lowest BCUT2D eigenvalue weighted by Crippen LogP contribution is -2.39. The molecule has 1 unspecified atom stereocenters. The number of carboxylic acid groups (broad SMARTS) is 1. The molecular weight excluding hydrogens is 224 g/mol. The van der Waals surface area contributed by atoms with Gasteiger partial charge in [0.15, 0.2) is 0 Å². The molecule has 0 aliphatic carbocycles. The van der Waals surface area contributed by atoms with E-state index >= 15 is 0 Å². The number of aromatic carboxylic acids is 1. The van der Waals surface area contributed by atoms with Gasteiger partial charge in [0, 0.05) is 6.42 Å². The van der Waals surface area contributed by atoms with Crippen LogP contribution in [0.5, 0.6) is 0 Å². The first-order valence-electron chi connectivity index (χ1n) is 5.12. The number of piperidine rings is 1. The average molecular weight is 234 g/mol. The lowest BCUT2D eigenvalue weighted by atomic mass is 9.94. The number of pyridine rings is 1. The highest BCUT2D eigenvalue weighted by molar-refractivity contribution is 6.00. The predicted molar refractivity (Wildman–Crippen MR) is 56.3 cm³/mol. The fourth-order valence-electron chi connectivity index (χ4n) is 1.74. The van der Waals surface area contributed by atoms with Gasteiger partial charge in [0.2, 0.25) is 11.8 Å². The molecule has 0 saturated carbocycles. The van der Waals surface area contributed by atoms with Crippen molar-refractivity contribution in [3.63, 3.8) is 0 Å². The summed E-state index contributed by atoms with van der Waals surface area (Å²) < 4.78 is 0. The van der Waals surface area contributed by atoms with Gasteiger partial charge in [-0.25, -0.2) is 9.78 Å². The number of hydrogen-bond donors (Lipinski definition) is 2. The summed E-state index contributed by atoms with van der Waals surface area (Å²) in [7, 11) is 0. The molecule has 0 bridgehead atoms. The van der Waals surface area contributed by atoms with Crippen LogP contribution in [0.2, 0.25) is 0 Å². The van der Waals surface area contributed by atoms with Crippen LogP contribution in [0.3, 0.4) is 0 Å². The van der Waals surface area contributed by atoms with E-state index in [-0.39, 0.29) is 18.0 Å². The number of nitrogens with one attached hydrogen (secondary N) is 1. The molecule has 17 heavy (non-hydrogen) atoms. The summed E-state index contributed by atoms with van der Waals surface area (Å²) in [4.78, 5) is 37.2. The van der Waals surface area contributed by atoms with Gasteiger partial charge in [-0.3, -0.25) is 14.9 Å². The van der Waals surface area contributed by atoms with Crippen LogP contribution in [0, 0.1) is 0 Å². The second-order valence-electron chi connectivity index (χ2n) is 3.76. The zero-order valence-electron chi connectivity index (χ0n) is 8.84. The van der Waals surface area contributed by atoms with Gasteiger partial charge in [-0.2, -0.15) is 0 Å². The minimum absolute atomic E-state index is 0.104. The van der Waals surface area contributed by atoms with Crippen molar-refractivity contribution in [1.82, 2.24) is 10.3 Å². The molecule has 1 aliphatic heterocycles. The zero-order valence-corrected chi connectivity index (χ0v) is 8.84. The number of carbonyl (C=O) groups is 3. The van der Waals surface area contributed by atoms with Gasteiger partial charge in [-0.15, -0.1) is 0 Å². The van der Waals surface area contributed by atoms with Crippen molar-refractivity contribution in [2.75, 3.05) is 0 Å². The number of aromatic nitrogens is 1. The summed E-state index contributed by atoms with van der Waals surface area (Å²) in [5, 5.41) is 11.0. The zero-order chi connectivity index (χ0) is 12.4. The van der Waals surface area contributed by atoms with Crippen LogP contribution in [-0.4, -0.2) is 27.9 Å². The highest BCUT2D eigenvalue weighted by Crippen LogP contribution is 2.23. The van der Waals surface area contributed by atoms with E-state index in [0.29, 0.717) is 12.1 Å². The molecular formula is C11H10N2O4. The molecule has 2 heterocycles. The van der Waals surface area contributed by atoms with Gasteiger partial charge in [0.25, 0.3) is 0 Å². The van der Waals surface area contributed by atoms with Crippen molar-refractivity contribution in [2.24, 2.45) is 0 Å². The van der Waals surface area contributed by atoms with Gasteiger partial charge < -0.3 is 5.11 Å². The molecule has 88 valence electrons. The van der Waals surface area contributed by atoms with Gasteiger partial charge in [0.1, 0.15) is 5.69 Å². The smallest absolute Gasteiger partial charge is 0.354 e. The topological polar surface area (TPSA) is 96.4 Å². The van der Waals surface area contributed by atoms with Crippen LogP contribution < -0.4 is 5.32 Å². The van der Waals surface area contributed by atoms with Crippen LogP contribution >= 0.6 is 0 Å². The normalized spacial score (nSPS) is 19.9. The summed E-state index contributed by atoms with van der Waals surface area (Å²) in [6.07, 6.45) is 0.607. The maximum atomic E-state index is 11.6. The average Bonchev–Trinajstić information content (AvgIpc) is 2.29. The standard InChI is InChI=1S/C11H10N2O4/c14-9-5-4-6(10(15)13-9)7-2-1-3-8(12-7)11(16)17/h1-3,6H,4-5H2,(H,16,17)(H,13,14,15). The minimum atomic E-state index is -1.14. The third-order valence-corrected chi connectivity index (χ3v) is 2.59. The van der Waals surface area contributed by atoms with Crippen LogP contribution in [0.25, 0.3) is 0 Å². The molecule has 6 heteroatoms. The Hall–Kier alpha value is -2.24. The van der Waals surface area contributed by atoms with E-state index in [2.05, 4.69) is 10.3 Å². The molecule has 0 aromatic carbocycles. The second kappa shape index (κ2) is 4.32. The maximum Gasteiger partial charge on any atom is 0.354 e. The Kier molecular flexibility index (Phi) is 2.86. The maximum absolute atomic E-state index is 11.6. The van der Waals surface area contributed by atoms with E-state index < -0.39 is 17.8 Å². The lowest BCUT2D eigenvalue weighted by Gasteiger charge is -2.20. The predicted octanol–water partition coefficient (Wildman–Crippen LogP) is 0.300. The molecule has 6 nitrogen and oxygen atoms in total. The lowest BCUT2D eigenvalue weighted by molar-refractivity contribution is -0.134. The first kappa shape index (κ1) is 11.3. The van der Waals surface area contributed by atoms with E-state index in [0.717, 1.165) is 0 Å². The summed E-state index contributed by atoms with van der Waals surface area (Å²) >= 11 is 0. The van der Waals surface area contributed by atoms with Gasteiger partial charge in [0.05, 0.1) is 11.6 Å². The Morgan fingerprint density at radius 1 is 1.41 bits per heavy atom. The van der Waals surface area contributed by atoms with Crippen molar-refractivity contribution in [3.8, 4) is 0 Å². The Morgan fingerprint density at radius 3 is 2.82 bits per heavy atom. The van der Waals surface area contributed by atoms with Crippen molar-refractivity contribution in [1.29, 1.82) is 0 Å². The van der Waals surface area contributed by atoms with Gasteiger partial charge >= 0.3 is 5.97 Å². The Labute approximate surface area is 96.7 Å². The number of carbonyl (C=O) groups excluding carboxylic acids is 2. The molecule has 1 aliphatic rings. The van der Waals surface area contributed by atoms with Gasteiger partial charge in [-0.1, -0.05) is 6.07 Å². The van der Waals surface area contributed by atoms with Gasteiger partial charge in [-0.05, 0) is 18.6 Å². The molecule has 2 rings (SSSR count). The summed E-state index contributed by atoms with van der Waals surface area (Å²) in [6.45, 7) is 0. The van der Waals surface area contributed by atoms with E-state index in [1.165, 1.54) is 12.1 Å². The minimum Gasteiger partial charge on any atom is -0.477 e. The largest absolute Gasteiger partial charge is 0.477 e. The van der Waals surface area contributed by atoms with Crippen molar-refractivity contribution < 1.29 is 19.5 Å². The van der Waals surface area contributed by atoms with Crippen LogP contribution in [0.4, 0.5) is 0 Å². The number of amides is 2. The molecule has 1 aromatic rings. The van der Waals surface area contributed by atoms with Crippen LogP contribution in [0.15, 0.2) is 18.2 Å². The monoisotopic (exact) mass is 234 g/mol. The van der Waals surface area contributed by atoms with Crippen molar-refractivity contribution >= 4 is 17.8 Å². The van der Waals surface area contributed by atoms with E-state index in [1.807, 2.05) is 0 Å². The first-order valence-corrected chi connectivity index (χ1v) is 5.12. The number of rotatable bonds is 2. The van der Waals surface area contributed by atoms with Crippen molar-refractivity contribution in [2.45, 2.75) is 18.8 Å². The van der Waals surface area contributed by atoms with Crippen molar-refractivity contribution in [3.05, 3.63) is 29.6 Å². The van der Waals surface area contributed by atoms with E-state index in [4.69, 9.17) is 5.11 Å². The van der Waals surface area contributed by atoms with E-state index in [9.17, 15) is 14.4 Å². The number of hydrogen-bond acceptors (Lipinski definition) is 4. The van der Waals surface area contributed by atoms with E-state index in [1.54, 1.807) is 6.07 Å². The molecule has 1 atom stereocenters. The Bertz CT molecular complexity index is 498. The Morgan fingerprint density at radius 2 is 2.18 bits per heavy atom. The molecule has 1 fully saturated rings. The third-order valence-electron chi connectivity index (χ3n) is 2.59. The molecule has 2 amide bonds. The highest BCUT2D eigenvalue weighted by Gasteiger charge is 2.29. The quantitative estimate of drug-likeness (QED) is 0.717. The fraction of sp³-hybridized carbons (Fsp3) is 0.273. The summed E-state index contributed by atoms with van der Waals surface area (Å²) in [5.41, 5.74) is 0.280.